The van der Waals surface area contributed by atoms with Crippen LogP contribution in [0.1, 0.15) is 19.4 Å². The van der Waals surface area contributed by atoms with Crippen molar-refractivity contribution in [2.24, 2.45) is 5.92 Å². The maximum atomic E-state index is 9.19. The zero-order chi connectivity index (χ0) is 12.1. The summed E-state index contributed by atoms with van der Waals surface area (Å²) in [6.45, 7) is 5.06. The van der Waals surface area contributed by atoms with E-state index < -0.39 is 0 Å². The molecule has 0 aliphatic carbocycles. The molecule has 2 N–H and O–H groups in total. The van der Waals surface area contributed by atoms with Gasteiger partial charge in [0, 0.05) is 22.1 Å². The number of halogens is 2. The molecule has 2 nitrogen and oxygen atoms in total. The Kier molecular flexibility index (Phi) is 5.76. The summed E-state index contributed by atoms with van der Waals surface area (Å²) in [7, 11) is 0. The lowest BCUT2D eigenvalue weighted by atomic mass is 10.1. The molecule has 0 aliphatic heterocycles. The van der Waals surface area contributed by atoms with E-state index in [9.17, 15) is 5.11 Å². The van der Waals surface area contributed by atoms with Gasteiger partial charge in [0.25, 0.3) is 0 Å². The summed E-state index contributed by atoms with van der Waals surface area (Å²) >= 11 is 9.34. The smallest absolute Gasteiger partial charge is 0.0587 e. The number of aliphatic hydroxyl groups excluding tert-OH is 1. The van der Waals surface area contributed by atoms with E-state index in [1.165, 1.54) is 0 Å². The van der Waals surface area contributed by atoms with E-state index in [-0.39, 0.29) is 12.6 Å². The van der Waals surface area contributed by atoms with E-state index >= 15 is 0 Å². The van der Waals surface area contributed by atoms with Gasteiger partial charge in [0.05, 0.1) is 6.61 Å². The van der Waals surface area contributed by atoms with E-state index in [1.54, 1.807) is 0 Å². The Morgan fingerprint density at radius 2 is 2.12 bits per heavy atom. The SMILES string of the molecule is CC(C)C(CO)NCc1ccc(Cl)cc1Br. The fourth-order valence-electron chi connectivity index (χ4n) is 1.42. The fourth-order valence-corrected chi connectivity index (χ4v) is 2.24. The molecule has 1 atom stereocenters. The minimum atomic E-state index is 0.127. The summed E-state index contributed by atoms with van der Waals surface area (Å²) in [5.41, 5.74) is 1.14. The van der Waals surface area contributed by atoms with Crippen LogP contribution in [0.3, 0.4) is 0 Å². The highest BCUT2D eigenvalue weighted by Crippen LogP contribution is 2.21. The molecule has 1 unspecified atom stereocenters. The molecule has 90 valence electrons. The largest absolute Gasteiger partial charge is 0.395 e. The molecular formula is C12H17BrClNO. The molecule has 0 spiro atoms. The summed E-state index contributed by atoms with van der Waals surface area (Å²) in [5.74, 6) is 0.413. The monoisotopic (exact) mass is 305 g/mol. The van der Waals surface area contributed by atoms with Crippen molar-refractivity contribution < 1.29 is 5.11 Å². The van der Waals surface area contributed by atoms with Gasteiger partial charge in [-0.3, -0.25) is 0 Å². The van der Waals surface area contributed by atoms with E-state index in [2.05, 4.69) is 35.1 Å². The van der Waals surface area contributed by atoms with Gasteiger partial charge in [0.2, 0.25) is 0 Å². The van der Waals surface area contributed by atoms with E-state index in [0.29, 0.717) is 5.92 Å². The minimum Gasteiger partial charge on any atom is -0.395 e. The lowest BCUT2D eigenvalue weighted by molar-refractivity contribution is 0.210. The maximum Gasteiger partial charge on any atom is 0.0587 e. The lowest BCUT2D eigenvalue weighted by Gasteiger charge is -2.20. The van der Waals surface area contributed by atoms with Crippen LogP contribution in [0.2, 0.25) is 5.02 Å². The molecule has 0 bridgehead atoms. The third-order valence-corrected chi connectivity index (χ3v) is 3.54. The maximum absolute atomic E-state index is 9.19. The predicted octanol–water partition coefficient (Wildman–Crippen LogP) is 3.21. The van der Waals surface area contributed by atoms with Crippen LogP contribution in [-0.4, -0.2) is 17.8 Å². The molecule has 16 heavy (non-hydrogen) atoms. The Labute approximate surface area is 110 Å². The standard InChI is InChI=1S/C12H17BrClNO/c1-8(2)12(7-16)15-6-9-3-4-10(14)5-11(9)13/h3-5,8,12,15-16H,6-7H2,1-2H3. The van der Waals surface area contributed by atoms with Gasteiger partial charge in [-0.25, -0.2) is 0 Å². The number of rotatable bonds is 5. The molecule has 1 aromatic rings. The summed E-state index contributed by atoms with van der Waals surface area (Å²) < 4.78 is 0.993. The summed E-state index contributed by atoms with van der Waals surface area (Å²) in [5, 5.41) is 13.2. The van der Waals surface area contributed by atoms with Crippen molar-refractivity contribution in [3.8, 4) is 0 Å². The van der Waals surface area contributed by atoms with Crippen LogP contribution in [0.4, 0.5) is 0 Å². The van der Waals surface area contributed by atoms with Crippen molar-refractivity contribution in [1.29, 1.82) is 0 Å². The second-order valence-corrected chi connectivity index (χ2v) is 5.44. The van der Waals surface area contributed by atoms with Gasteiger partial charge in [0.15, 0.2) is 0 Å². The second-order valence-electron chi connectivity index (χ2n) is 4.15. The zero-order valence-corrected chi connectivity index (χ0v) is 11.8. The normalized spacial score (nSPS) is 13.1. The number of benzene rings is 1. The van der Waals surface area contributed by atoms with Crippen molar-refractivity contribution in [3.63, 3.8) is 0 Å². The Balaban J connectivity index is 2.60. The molecule has 0 amide bonds. The van der Waals surface area contributed by atoms with Gasteiger partial charge in [-0.2, -0.15) is 0 Å². The summed E-state index contributed by atoms with van der Waals surface area (Å²) in [4.78, 5) is 0. The third-order valence-electron chi connectivity index (χ3n) is 2.57. The van der Waals surface area contributed by atoms with E-state index in [0.717, 1.165) is 21.6 Å². The summed E-state index contributed by atoms with van der Waals surface area (Å²) in [6, 6.07) is 5.85. The van der Waals surface area contributed by atoms with Crippen LogP contribution in [0, 0.1) is 5.92 Å². The highest BCUT2D eigenvalue weighted by molar-refractivity contribution is 9.10. The van der Waals surface area contributed by atoms with Crippen LogP contribution in [0.15, 0.2) is 22.7 Å². The molecule has 0 aliphatic rings. The minimum absolute atomic E-state index is 0.127. The molecular weight excluding hydrogens is 289 g/mol. The first kappa shape index (κ1) is 14.0. The van der Waals surface area contributed by atoms with Crippen LogP contribution >= 0.6 is 27.5 Å². The first-order chi connectivity index (χ1) is 7.54. The number of aliphatic hydroxyl groups is 1. The molecule has 0 radical (unpaired) electrons. The van der Waals surface area contributed by atoms with Gasteiger partial charge >= 0.3 is 0 Å². The van der Waals surface area contributed by atoms with E-state index in [4.69, 9.17) is 11.6 Å². The quantitative estimate of drug-likeness (QED) is 0.875. The molecule has 4 heteroatoms. The van der Waals surface area contributed by atoms with Crippen LogP contribution in [0.5, 0.6) is 0 Å². The highest BCUT2D eigenvalue weighted by atomic mass is 79.9. The van der Waals surface area contributed by atoms with Crippen molar-refractivity contribution in [1.82, 2.24) is 5.32 Å². The van der Waals surface area contributed by atoms with Gasteiger partial charge in [0.1, 0.15) is 0 Å². The Morgan fingerprint density at radius 3 is 2.62 bits per heavy atom. The van der Waals surface area contributed by atoms with Crippen molar-refractivity contribution in [2.45, 2.75) is 26.4 Å². The van der Waals surface area contributed by atoms with Crippen LogP contribution in [-0.2, 0) is 6.54 Å². The topological polar surface area (TPSA) is 32.3 Å². The summed E-state index contributed by atoms with van der Waals surface area (Å²) in [6.07, 6.45) is 0. The average Bonchev–Trinajstić information content (AvgIpc) is 2.21. The average molecular weight is 307 g/mol. The van der Waals surface area contributed by atoms with Gasteiger partial charge in [-0.05, 0) is 23.6 Å². The fraction of sp³-hybridized carbons (Fsp3) is 0.500. The highest BCUT2D eigenvalue weighted by Gasteiger charge is 2.11. The van der Waals surface area contributed by atoms with E-state index in [1.807, 2.05) is 18.2 Å². The van der Waals surface area contributed by atoms with Crippen LogP contribution < -0.4 is 5.32 Å². The Bertz CT molecular complexity index is 344. The van der Waals surface area contributed by atoms with Crippen molar-refractivity contribution in [2.75, 3.05) is 6.61 Å². The van der Waals surface area contributed by atoms with Gasteiger partial charge in [-0.1, -0.05) is 47.4 Å². The zero-order valence-electron chi connectivity index (χ0n) is 9.50. The molecule has 0 saturated carbocycles. The van der Waals surface area contributed by atoms with Gasteiger partial charge < -0.3 is 10.4 Å². The molecule has 1 rings (SSSR count). The second kappa shape index (κ2) is 6.60. The third kappa shape index (κ3) is 4.06. The lowest BCUT2D eigenvalue weighted by Crippen LogP contribution is -2.36. The molecule has 0 heterocycles. The van der Waals surface area contributed by atoms with Crippen molar-refractivity contribution in [3.05, 3.63) is 33.3 Å². The Hall–Kier alpha value is -0.0900. The number of hydrogen-bond acceptors (Lipinski definition) is 2. The molecule has 0 fully saturated rings. The molecule has 0 aromatic heterocycles. The van der Waals surface area contributed by atoms with Gasteiger partial charge in [-0.15, -0.1) is 0 Å². The molecule has 1 aromatic carbocycles. The number of hydrogen-bond donors (Lipinski definition) is 2. The first-order valence-electron chi connectivity index (χ1n) is 5.32. The molecule has 0 saturated heterocycles. The van der Waals surface area contributed by atoms with Crippen LogP contribution in [0.25, 0.3) is 0 Å². The Morgan fingerprint density at radius 1 is 1.44 bits per heavy atom. The number of nitrogens with one attached hydrogen (secondary N) is 1. The predicted molar refractivity (Wildman–Crippen MR) is 71.7 cm³/mol. The van der Waals surface area contributed by atoms with Crippen molar-refractivity contribution >= 4 is 27.5 Å². The first-order valence-corrected chi connectivity index (χ1v) is 6.50.